The topological polar surface area (TPSA) is 76.1 Å². The summed E-state index contributed by atoms with van der Waals surface area (Å²) in [5, 5.41) is 5.95. The van der Waals surface area contributed by atoms with Gasteiger partial charge in [0.25, 0.3) is 5.91 Å². The number of carbonyl (C=O) groups excluding carboxylic acids is 1. The largest absolute Gasteiger partial charge is 0.497 e. The fourth-order valence-corrected chi connectivity index (χ4v) is 2.45. The summed E-state index contributed by atoms with van der Waals surface area (Å²) >= 11 is 0. The molecule has 27 heavy (non-hydrogen) atoms. The molecule has 6 heteroatoms. The van der Waals surface area contributed by atoms with Crippen LogP contribution >= 0.6 is 0 Å². The van der Waals surface area contributed by atoms with Gasteiger partial charge >= 0.3 is 0 Å². The molecule has 0 saturated carbocycles. The number of anilines is 2. The first-order chi connectivity index (χ1) is 13.2. The van der Waals surface area contributed by atoms with E-state index in [0.717, 1.165) is 17.0 Å². The average Bonchev–Trinajstić information content (AvgIpc) is 2.72. The summed E-state index contributed by atoms with van der Waals surface area (Å²) < 4.78 is 5.25. The smallest absolute Gasteiger partial charge is 0.270 e. The van der Waals surface area contributed by atoms with Crippen LogP contribution in [0.3, 0.4) is 0 Å². The summed E-state index contributed by atoms with van der Waals surface area (Å²) in [4.78, 5) is 21.4. The molecule has 3 rings (SSSR count). The van der Waals surface area contributed by atoms with Crippen LogP contribution in [0.25, 0.3) is 11.4 Å². The van der Waals surface area contributed by atoms with Crippen LogP contribution in [0.5, 0.6) is 5.75 Å². The van der Waals surface area contributed by atoms with Crippen molar-refractivity contribution >= 4 is 17.4 Å². The van der Waals surface area contributed by atoms with Gasteiger partial charge in [0.05, 0.1) is 7.11 Å². The van der Waals surface area contributed by atoms with Gasteiger partial charge in [0.2, 0.25) is 0 Å². The maximum Gasteiger partial charge on any atom is 0.270 e. The zero-order valence-corrected chi connectivity index (χ0v) is 15.0. The minimum absolute atomic E-state index is 0.274. The SMILES string of the molecule is C=CCNC(=O)c1cc(Nc2cccc(OC)c2)nc(-c2ccccc2)n1. The Kier molecular flexibility index (Phi) is 5.79. The summed E-state index contributed by atoms with van der Waals surface area (Å²) in [6.07, 6.45) is 1.62. The lowest BCUT2D eigenvalue weighted by atomic mass is 10.2. The van der Waals surface area contributed by atoms with Crippen molar-refractivity contribution in [1.82, 2.24) is 15.3 Å². The van der Waals surface area contributed by atoms with Crippen LogP contribution in [0.15, 0.2) is 73.3 Å². The molecule has 6 nitrogen and oxygen atoms in total. The highest BCUT2D eigenvalue weighted by Gasteiger charge is 2.13. The molecule has 0 atom stereocenters. The molecule has 0 radical (unpaired) electrons. The zero-order chi connectivity index (χ0) is 19.1. The first-order valence-corrected chi connectivity index (χ1v) is 8.44. The summed E-state index contributed by atoms with van der Waals surface area (Å²) in [5.41, 5.74) is 1.89. The van der Waals surface area contributed by atoms with Crippen LogP contribution in [0.1, 0.15) is 10.5 Å². The third kappa shape index (κ3) is 4.70. The van der Waals surface area contributed by atoms with Gasteiger partial charge in [-0.15, -0.1) is 6.58 Å². The molecule has 1 heterocycles. The lowest BCUT2D eigenvalue weighted by Gasteiger charge is -2.11. The molecule has 0 aliphatic rings. The van der Waals surface area contributed by atoms with Crippen molar-refractivity contribution in [3.05, 3.63) is 79.0 Å². The van der Waals surface area contributed by atoms with E-state index >= 15 is 0 Å². The van der Waals surface area contributed by atoms with Gasteiger partial charge < -0.3 is 15.4 Å². The predicted molar refractivity (Wildman–Crippen MR) is 106 cm³/mol. The normalized spacial score (nSPS) is 10.1. The van der Waals surface area contributed by atoms with Crippen molar-refractivity contribution in [3.63, 3.8) is 0 Å². The molecule has 136 valence electrons. The number of hydrogen-bond donors (Lipinski definition) is 2. The van der Waals surface area contributed by atoms with Gasteiger partial charge in [-0.05, 0) is 12.1 Å². The van der Waals surface area contributed by atoms with Crippen molar-refractivity contribution in [1.29, 1.82) is 0 Å². The lowest BCUT2D eigenvalue weighted by molar-refractivity contribution is 0.0953. The van der Waals surface area contributed by atoms with Crippen LogP contribution in [-0.4, -0.2) is 29.5 Å². The van der Waals surface area contributed by atoms with Gasteiger partial charge in [-0.1, -0.05) is 42.5 Å². The van der Waals surface area contributed by atoms with E-state index in [4.69, 9.17) is 4.74 Å². The first kappa shape index (κ1) is 18.1. The van der Waals surface area contributed by atoms with Crippen LogP contribution < -0.4 is 15.4 Å². The van der Waals surface area contributed by atoms with Crippen molar-refractivity contribution in [3.8, 4) is 17.1 Å². The Bertz CT molecular complexity index is 942. The fraction of sp³-hybridized carbons (Fsp3) is 0.0952. The molecule has 1 amide bonds. The van der Waals surface area contributed by atoms with Crippen LogP contribution in [-0.2, 0) is 0 Å². The number of amides is 1. The second kappa shape index (κ2) is 8.62. The molecule has 0 fully saturated rings. The Hall–Kier alpha value is -3.67. The van der Waals surface area contributed by atoms with E-state index in [1.54, 1.807) is 19.3 Å². The molecule has 0 aliphatic heterocycles. The van der Waals surface area contributed by atoms with E-state index in [1.807, 2.05) is 54.6 Å². The van der Waals surface area contributed by atoms with Gasteiger partial charge in [-0.25, -0.2) is 9.97 Å². The van der Waals surface area contributed by atoms with E-state index in [9.17, 15) is 4.79 Å². The number of nitrogens with one attached hydrogen (secondary N) is 2. The number of rotatable bonds is 7. The summed E-state index contributed by atoms with van der Waals surface area (Å²) in [5.74, 6) is 1.41. The van der Waals surface area contributed by atoms with E-state index in [-0.39, 0.29) is 11.6 Å². The second-order valence-corrected chi connectivity index (χ2v) is 5.68. The van der Waals surface area contributed by atoms with Gasteiger partial charge in [-0.3, -0.25) is 4.79 Å². The summed E-state index contributed by atoms with van der Waals surface area (Å²) in [6, 6.07) is 18.6. The van der Waals surface area contributed by atoms with Crippen LogP contribution in [0.2, 0.25) is 0 Å². The monoisotopic (exact) mass is 360 g/mol. The van der Waals surface area contributed by atoms with Crippen molar-refractivity contribution in [2.75, 3.05) is 19.0 Å². The van der Waals surface area contributed by atoms with Gasteiger partial charge in [0, 0.05) is 29.9 Å². The van der Waals surface area contributed by atoms with E-state index in [0.29, 0.717) is 18.2 Å². The molecule has 0 saturated heterocycles. The Balaban J connectivity index is 1.98. The predicted octanol–water partition coefficient (Wildman–Crippen LogP) is 3.81. The molecule has 0 spiro atoms. The van der Waals surface area contributed by atoms with Crippen molar-refractivity contribution in [2.24, 2.45) is 0 Å². The fourth-order valence-electron chi connectivity index (χ4n) is 2.45. The highest BCUT2D eigenvalue weighted by Crippen LogP contribution is 2.23. The van der Waals surface area contributed by atoms with Gasteiger partial charge in [0.15, 0.2) is 5.82 Å². The molecule has 0 bridgehead atoms. The minimum Gasteiger partial charge on any atom is -0.497 e. The maximum atomic E-state index is 12.4. The zero-order valence-electron chi connectivity index (χ0n) is 15.0. The lowest BCUT2D eigenvalue weighted by Crippen LogP contribution is -2.24. The standard InChI is InChI=1S/C21H20N4O2/c1-3-12-22-21(26)18-14-19(23-16-10-7-11-17(13-16)27-2)25-20(24-18)15-8-5-4-6-9-15/h3-11,13-14H,1,12H2,2H3,(H,22,26)(H,23,24,25). The van der Waals surface area contributed by atoms with Gasteiger partial charge in [0.1, 0.15) is 17.3 Å². The Morgan fingerprint density at radius 2 is 1.93 bits per heavy atom. The Labute approximate surface area is 157 Å². The summed E-state index contributed by atoms with van der Waals surface area (Å²) in [6.45, 7) is 3.97. The molecular formula is C21H20N4O2. The van der Waals surface area contributed by atoms with Crippen molar-refractivity contribution < 1.29 is 9.53 Å². The molecule has 2 aromatic carbocycles. The maximum absolute atomic E-state index is 12.4. The molecule has 1 aromatic heterocycles. The van der Waals surface area contributed by atoms with E-state index < -0.39 is 0 Å². The number of carbonyl (C=O) groups is 1. The quantitative estimate of drug-likeness (QED) is 0.627. The van der Waals surface area contributed by atoms with Gasteiger partial charge in [-0.2, -0.15) is 0 Å². The first-order valence-electron chi connectivity index (χ1n) is 8.44. The Morgan fingerprint density at radius 3 is 2.67 bits per heavy atom. The number of ether oxygens (including phenoxy) is 1. The van der Waals surface area contributed by atoms with Crippen molar-refractivity contribution in [2.45, 2.75) is 0 Å². The third-order valence-electron chi connectivity index (χ3n) is 3.74. The number of nitrogens with zero attached hydrogens (tertiary/aromatic N) is 2. The molecule has 2 N–H and O–H groups in total. The minimum atomic E-state index is -0.289. The average molecular weight is 360 g/mol. The number of hydrogen-bond acceptors (Lipinski definition) is 5. The molecule has 3 aromatic rings. The van der Waals surface area contributed by atoms with E-state index in [1.165, 1.54) is 0 Å². The molecule has 0 unspecified atom stereocenters. The molecular weight excluding hydrogens is 340 g/mol. The highest BCUT2D eigenvalue weighted by atomic mass is 16.5. The highest BCUT2D eigenvalue weighted by molar-refractivity contribution is 5.93. The number of aromatic nitrogens is 2. The molecule has 0 aliphatic carbocycles. The second-order valence-electron chi connectivity index (χ2n) is 5.68. The Morgan fingerprint density at radius 1 is 1.11 bits per heavy atom. The third-order valence-corrected chi connectivity index (χ3v) is 3.74. The number of benzene rings is 2. The summed E-state index contributed by atoms with van der Waals surface area (Å²) in [7, 11) is 1.61. The van der Waals surface area contributed by atoms with Crippen LogP contribution in [0, 0.1) is 0 Å². The number of methoxy groups -OCH3 is 1. The van der Waals surface area contributed by atoms with E-state index in [2.05, 4.69) is 27.2 Å². The van der Waals surface area contributed by atoms with Crippen LogP contribution in [0.4, 0.5) is 11.5 Å².